The Morgan fingerprint density at radius 2 is 0.922 bits per heavy atom. The number of halogens is 1. The van der Waals surface area contributed by atoms with Crippen LogP contribution in [0.4, 0.5) is 4.39 Å². The molecule has 9 aromatic heterocycles. The maximum atomic E-state index is 13.1. The molecule has 528 valence electrons. The highest BCUT2D eigenvalue weighted by molar-refractivity contribution is 5.68. The quantitative estimate of drug-likeness (QED) is 0.0597. The molecule has 3 N–H and O–H groups in total. The van der Waals surface area contributed by atoms with Crippen LogP contribution in [0.2, 0.25) is 0 Å². The maximum Gasteiger partial charge on any atom is 0.268 e. The molecular formula is C76H85FN18O7. The molecule has 9 heterocycles. The Morgan fingerprint density at radius 3 is 1.34 bits per heavy atom. The van der Waals surface area contributed by atoms with E-state index in [0.29, 0.717) is 91.7 Å². The summed E-state index contributed by atoms with van der Waals surface area (Å²) >= 11 is 0. The number of aryl methyl sites for hydroxylation is 5. The molecule has 2 unspecified atom stereocenters. The van der Waals surface area contributed by atoms with E-state index in [1.807, 2.05) is 109 Å². The van der Waals surface area contributed by atoms with Gasteiger partial charge in [-0.2, -0.15) is 0 Å². The van der Waals surface area contributed by atoms with Crippen molar-refractivity contribution >= 4 is 0 Å². The monoisotopic (exact) mass is 1380 g/mol. The number of benzene rings is 3. The molecule has 12 aromatic rings. The van der Waals surface area contributed by atoms with Crippen LogP contribution in [0.1, 0.15) is 114 Å². The number of pyridine rings is 3. The Kier molecular flexibility index (Phi) is 22.9. The summed E-state index contributed by atoms with van der Waals surface area (Å²) < 4.78 is 41.4. The van der Waals surface area contributed by atoms with Crippen LogP contribution >= 0.6 is 0 Å². The van der Waals surface area contributed by atoms with Gasteiger partial charge in [-0.3, -0.25) is 29.3 Å². The molecule has 1 saturated carbocycles. The van der Waals surface area contributed by atoms with Gasteiger partial charge in [0.1, 0.15) is 29.5 Å². The van der Waals surface area contributed by atoms with Gasteiger partial charge in [-0.15, -0.1) is 36.5 Å². The highest BCUT2D eigenvalue weighted by Crippen LogP contribution is 2.35. The lowest BCUT2D eigenvalue weighted by atomic mass is 10.1. The van der Waals surface area contributed by atoms with Crippen LogP contribution in [0.15, 0.2) is 156 Å². The highest BCUT2D eigenvalue weighted by atomic mass is 19.1. The first kappa shape index (κ1) is 71.6. The molecule has 3 aromatic carbocycles. The number of hydrogen-bond acceptors (Lipinski definition) is 22. The van der Waals surface area contributed by atoms with Gasteiger partial charge in [-0.25, -0.2) is 19.3 Å². The molecule has 1 fully saturated rings. The van der Waals surface area contributed by atoms with Gasteiger partial charge in [-0.1, -0.05) is 49.1 Å². The predicted octanol–water partition coefficient (Wildman–Crippen LogP) is 12.7. The van der Waals surface area contributed by atoms with Crippen LogP contribution in [0, 0.1) is 46.5 Å². The average Bonchev–Trinajstić information content (AvgIpc) is 1.75. The topological polar surface area (TPSA) is 305 Å². The molecule has 1 aliphatic carbocycles. The van der Waals surface area contributed by atoms with Gasteiger partial charge in [-0.05, 0) is 160 Å². The number of rotatable bonds is 20. The van der Waals surface area contributed by atoms with E-state index < -0.39 is 12.7 Å². The standard InChI is InChI=1S/C26H28N6O3.C26H26N6O2.C24H25FN6O2.3H2/c1-16-24(26-31-30-25(35-26)20-10-8-17(13-27-2)12-22(20)34-3)29-21(14-28-16)18-9-11-23(33)32(15-18)19-6-4-5-7-19;1-6-7-17(3)32-15-20(9-11-23(32)33)22-14-28-18(4)24(29-22)26-31-30-25(34-26)21-10-8-19(13-27-5)12-16(21)2;1-14-9-17(11-26-4)5-7-19(14)23-29-30-24(33-23)22-16(3)27-12-20(28-22)18-6-8-21(32)31(13-18)15(2)10-25;;;/h8-12,14-15,19,27H,4-7,13H2,1-3H3;8-12,14-15,17,27H,13H2,1-5H3;5-9,12-13,15,26H,10-11H2,1-4H3;3*1H. The van der Waals surface area contributed by atoms with Crippen molar-refractivity contribution in [2.45, 2.75) is 119 Å². The van der Waals surface area contributed by atoms with E-state index in [0.717, 1.165) is 89.8 Å². The van der Waals surface area contributed by atoms with Crippen molar-refractivity contribution < 1.29 is 26.7 Å². The van der Waals surface area contributed by atoms with Crippen molar-refractivity contribution in [3.05, 3.63) is 204 Å². The third-order valence-corrected chi connectivity index (χ3v) is 17.3. The van der Waals surface area contributed by atoms with E-state index in [9.17, 15) is 18.8 Å². The fourth-order valence-electron chi connectivity index (χ4n) is 11.9. The number of methoxy groups -OCH3 is 1. The Balaban J connectivity index is 0.000000196. The van der Waals surface area contributed by atoms with E-state index in [4.69, 9.17) is 28.0 Å². The van der Waals surface area contributed by atoms with E-state index in [-0.39, 0.29) is 44.8 Å². The molecule has 0 radical (unpaired) electrons. The zero-order valence-electron chi connectivity index (χ0n) is 59.0. The minimum Gasteiger partial charge on any atom is -0.496 e. The normalized spacial score (nSPS) is 12.6. The molecule has 25 nitrogen and oxygen atoms in total. The molecule has 1 aliphatic rings. The number of ether oxygens (including phenoxy) is 1. The first-order chi connectivity index (χ1) is 49.4. The molecule has 102 heavy (non-hydrogen) atoms. The molecule has 26 heteroatoms. The Labute approximate surface area is 592 Å². The third-order valence-electron chi connectivity index (χ3n) is 17.3. The van der Waals surface area contributed by atoms with Gasteiger partial charge in [0.15, 0.2) is 0 Å². The summed E-state index contributed by atoms with van der Waals surface area (Å²) in [5.74, 6) is 8.49. The van der Waals surface area contributed by atoms with Crippen LogP contribution in [0.3, 0.4) is 0 Å². The summed E-state index contributed by atoms with van der Waals surface area (Å²) in [6, 6.07) is 27.1. The number of aromatic nitrogens is 15. The van der Waals surface area contributed by atoms with Crippen molar-refractivity contribution in [3.63, 3.8) is 0 Å². The second-order valence-electron chi connectivity index (χ2n) is 24.7. The summed E-state index contributed by atoms with van der Waals surface area (Å²) in [4.78, 5) is 64.5. The van der Waals surface area contributed by atoms with Crippen LogP contribution in [0.25, 0.3) is 103 Å². The molecule has 0 bridgehead atoms. The van der Waals surface area contributed by atoms with Crippen LogP contribution in [-0.2, 0) is 19.6 Å². The minimum atomic E-state index is -0.645. The molecule has 0 spiro atoms. The zero-order chi connectivity index (χ0) is 72.1. The smallest absolute Gasteiger partial charge is 0.268 e. The molecule has 0 amide bonds. The fourth-order valence-corrected chi connectivity index (χ4v) is 11.9. The van der Waals surface area contributed by atoms with E-state index >= 15 is 0 Å². The molecule has 2 atom stereocenters. The number of nitrogens with zero attached hydrogens (tertiary/aromatic N) is 15. The van der Waals surface area contributed by atoms with Crippen LogP contribution in [0.5, 0.6) is 5.75 Å². The van der Waals surface area contributed by atoms with Crippen molar-refractivity contribution in [2.75, 3.05) is 34.9 Å². The summed E-state index contributed by atoms with van der Waals surface area (Å²) in [6.45, 7) is 16.4. The van der Waals surface area contributed by atoms with Crippen molar-refractivity contribution in [1.82, 2.24) is 90.1 Å². The lowest BCUT2D eigenvalue weighted by Gasteiger charge is -2.14. The molecule has 13 rings (SSSR count). The van der Waals surface area contributed by atoms with E-state index in [2.05, 4.69) is 90.5 Å². The van der Waals surface area contributed by atoms with Gasteiger partial charge >= 0.3 is 0 Å². The van der Waals surface area contributed by atoms with E-state index in [1.54, 1.807) is 87.7 Å². The lowest BCUT2D eigenvalue weighted by Crippen LogP contribution is -2.23. The first-order valence-corrected chi connectivity index (χ1v) is 33.4. The van der Waals surface area contributed by atoms with Gasteiger partial charge < -0.3 is 47.6 Å². The zero-order valence-corrected chi connectivity index (χ0v) is 59.0. The SMILES string of the molecule is CC#CC(C)n1cc(-c2cnc(C)c(-c3nnc(-c4ccc(CNC)cc4C)o3)n2)ccc1=O.CNCc1ccc(-c2nnc(-c3nc(-c4ccc(=O)n(C(C)CF)c4)cnc3C)o2)c(C)c1.CNCc1ccc(-c2nnc(-c3nc(-c4ccc(=O)n(C5CCCC5)c4)cnc3C)o2)c(OC)c1.[HH].[HH].[HH]. The number of alkyl halides is 1. The molecule has 0 aliphatic heterocycles. The number of hydrogen-bond donors (Lipinski definition) is 3. The average molecular weight is 1380 g/mol. The summed E-state index contributed by atoms with van der Waals surface area (Å²) in [6.07, 6.45) is 14.6. The maximum absolute atomic E-state index is 13.1. The van der Waals surface area contributed by atoms with Crippen molar-refractivity contribution in [1.29, 1.82) is 0 Å². The van der Waals surface area contributed by atoms with Crippen molar-refractivity contribution in [3.8, 4) is 120 Å². The highest BCUT2D eigenvalue weighted by Gasteiger charge is 2.24. The van der Waals surface area contributed by atoms with Gasteiger partial charge in [0.05, 0.1) is 77.5 Å². The van der Waals surface area contributed by atoms with Crippen LogP contribution < -0.4 is 37.4 Å². The van der Waals surface area contributed by atoms with Gasteiger partial charge in [0.2, 0.25) is 11.8 Å². The predicted molar refractivity (Wildman–Crippen MR) is 393 cm³/mol. The van der Waals surface area contributed by atoms with Gasteiger partial charge in [0, 0.05) is 94.6 Å². The summed E-state index contributed by atoms with van der Waals surface area (Å²) in [7, 11) is 7.33. The molecule has 0 saturated heterocycles. The van der Waals surface area contributed by atoms with Crippen molar-refractivity contribution in [2.24, 2.45) is 0 Å². The van der Waals surface area contributed by atoms with E-state index in [1.165, 1.54) is 22.3 Å². The third kappa shape index (κ3) is 16.3. The lowest BCUT2D eigenvalue weighted by molar-refractivity contribution is 0.371. The minimum absolute atomic E-state index is 0. The second kappa shape index (κ2) is 32.6. The first-order valence-electron chi connectivity index (χ1n) is 33.4. The Hall–Kier alpha value is -11.7. The largest absolute Gasteiger partial charge is 0.496 e. The second-order valence-corrected chi connectivity index (χ2v) is 24.7. The number of nitrogens with one attached hydrogen (secondary N) is 3. The summed E-state index contributed by atoms with van der Waals surface area (Å²) in [5.41, 5.74) is 14.9. The Bertz CT molecular complexity index is 5250. The summed E-state index contributed by atoms with van der Waals surface area (Å²) in [5, 5.41) is 34.8. The fraction of sp³-hybridized carbons (Fsp3) is 0.303. The Morgan fingerprint density at radius 1 is 0.529 bits per heavy atom. The molecular weight excluding hydrogens is 1300 g/mol. The van der Waals surface area contributed by atoms with Crippen LogP contribution in [-0.4, -0.2) is 109 Å². The van der Waals surface area contributed by atoms with Gasteiger partial charge in [0.25, 0.3) is 40.2 Å².